The monoisotopic (exact) mass is 229 g/mol. The van der Waals surface area contributed by atoms with Gasteiger partial charge in [-0.3, -0.25) is 0 Å². The second-order valence-corrected chi connectivity index (χ2v) is 3.62. The topological polar surface area (TPSA) is 35.2 Å². The number of methoxy groups -OCH3 is 1. The molecule has 2 nitrogen and oxygen atoms in total. The summed E-state index contributed by atoms with van der Waals surface area (Å²) >= 11 is 0. The number of aryl methyl sites for hydroxylation is 1. The Morgan fingerprint density at radius 3 is 2.62 bits per heavy atom. The van der Waals surface area contributed by atoms with Crippen LogP contribution < -0.4 is 10.5 Å². The number of hydrogen-bond acceptors (Lipinski definition) is 2. The van der Waals surface area contributed by atoms with E-state index < -0.39 is 6.43 Å². The van der Waals surface area contributed by atoms with Crippen LogP contribution in [0, 0.1) is 0 Å². The van der Waals surface area contributed by atoms with Crippen LogP contribution in [0.3, 0.4) is 0 Å². The zero-order chi connectivity index (χ0) is 12.0. The van der Waals surface area contributed by atoms with Gasteiger partial charge in [-0.05, 0) is 49.6 Å². The fourth-order valence-electron chi connectivity index (χ4n) is 1.59. The smallest absolute Gasteiger partial charge is 0.263 e. The Hall–Kier alpha value is -1.16. The van der Waals surface area contributed by atoms with Crippen molar-refractivity contribution < 1.29 is 13.5 Å². The van der Waals surface area contributed by atoms with Crippen LogP contribution in [0.2, 0.25) is 0 Å². The van der Waals surface area contributed by atoms with Crippen molar-refractivity contribution in [1.82, 2.24) is 0 Å². The number of ether oxygens (including phenoxy) is 1. The van der Waals surface area contributed by atoms with Gasteiger partial charge in [-0.1, -0.05) is 0 Å². The Bertz CT molecular complexity index is 329. The molecular weight excluding hydrogens is 212 g/mol. The SMILES string of the molecule is COc1ccc(C(F)F)cc1CCCCN. The number of alkyl halides is 2. The number of unbranched alkanes of at least 4 members (excludes halogenated alkanes) is 1. The van der Waals surface area contributed by atoms with E-state index in [4.69, 9.17) is 10.5 Å². The van der Waals surface area contributed by atoms with Crippen molar-refractivity contribution >= 4 is 0 Å². The number of hydrogen-bond donors (Lipinski definition) is 1. The van der Waals surface area contributed by atoms with Crippen LogP contribution in [0.15, 0.2) is 18.2 Å². The number of halogens is 2. The minimum Gasteiger partial charge on any atom is -0.496 e. The van der Waals surface area contributed by atoms with E-state index in [2.05, 4.69) is 0 Å². The van der Waals surface area contributed by atoms with Gasteiger partial charge in [0.1, 0.15) is 5.75 Å². The summed E-state index contributed by atoms with van der Waals surface area (Å²) in [5, 5.41) is 0. The summed E-state index contributed by atoms with van der Waals surface area (Å²) in [5.74, 6) is 0.668. The molecule has 0 atom stereocenters. The molecule has 0 saturated heterocycles. The Balaban J connectivity index is 2.80. The summed E-state index contributed by atoms with van der Waals surface area (Å²) in [7, 11) is 1.55. The maximum atomic E-state index is 12.5. The molecule has 0 spiro atoms. The number of nitrogens with two attached hydrogens (primary N) is 1. The quantitative estimate of drug-likeness (QED) is 0.761. The molecule has 0 aromatic heterocycles. The zero-order valence-electron chi connectivity index (χ0n) is 9.38. The van der Waals surface area contributed by atoms with E-state index in [0.717, 1.165) is 24.8 Å². The van der Waals surface area contributed by atoms with Crippen molar-refractivity contribution in [2.45, 2.75) is 25.7 Å². The van der Waals surface area contributed by atoms with Crippen molar-refractivity contribution in [3.63, 3.8) is 0 Å². The molecule has 0 saturated carbocycles. The van der Waals surface area contributed by atoms with Crippen molar-refractivity contribution in [2.75, 3.05) is 13.7 Å². The summed E-state index contributed by atoms with van der Waals surface area (Å²) < 4.78 is 30.2. The van der Waals surface area contributed by atoms with Crippen LogP contribution in [-0.4, -0.2) is 13.7 Å². The van der Waals surface area contributed by atoms with E-state index in [1.54, 1.807) is 13.2 Å². The van der Waals surface area contributed by atoms with Crippen LogP contribution >= 0.6 is 0 Å². The van der Waals surface area contributed by atoms with Gasteiger partial charge in [-0.15, -0.1) is 0 Å². The highest BCUT2D eigenvalue weighted by molar-refractivity contribution is 5.37. The lowest BCUT2D eigenvalue weighted by atomic mass is 10.0. The second-order valence-electron chi connectivity index (χ2n) is 3.62. The molecule has 0 radical (unpaired) electrons. The first kappa shape index (κ1) is 12.9. The molecule has 4 heteroatoms. The zero-order valence-corrected chi connectivity index (χ0v) is 9.38. The van der Waals surface area contributed by atoms with Gasteiger partial charge in [0.15, 0.2) is 0 Å². The average molecular weight is 229 g/mol. The van der Waals surface area contributed by atoms with E-state index in [9.17, 15) is 8.78 Å². The number of rotatable bonds is 6. The van der Waals surface area contributed by atoms with Crippen LogP contribution in [-0.2, 0) is 6.42 Å². The van der Waals surface area contributed by atoms with Crippen molar-refractivity contribution in [2.24, 2.45) is 5.73 Å². The van der Waals surface area contributed by atoms with Crippen LogP contribution in [0.25, 0.3) is 0 Å². The Labute approximate surface area is 94.4 Å². The van der Waals surface area contributed by atoms with Crippen LogP contribution in [0.1, 0.15) is 30.4 Å². The average Bonchev–Trinajstić information content (AvgIpc) is 2.29. The molecule has 0 aliphatic heterocycles. The maximum absolute atomic E-state index is 12.5. The predicted molar refractivity (Wildman–Crippen MR) is 59.9 cm³/mol. The summed E-state index contributed by atoms with van der Waals surface area (Å²) in [6.07, 6.45) is 0.0712. The summed E-state index contributed by atoms with van der Waals surface area (Å²) in [4.78, 5) is 0. The first-order valence-electron chi connectivity index (χ1n) is 5.34. The van der Waals surface area contributed by atoms with Gasteiger partial charge in [0.05, 0.1) is 7.11 Å². The predicted octanol–water partition coefficient (Wildman–Crippen LogP) is 2.91. The van der Waals surface area contributed by atoms with Gasteiger partial charge in [-0.2, -0.15) is 0 Å². The van der Waals surface area contributed by atoms with E-state index in [1.165, 1.54) is 12.1 Å². The van der Waals surface area contributed by atoms with Gasteiger partial charge in [0.25, 0.3) is 6.43 Å². The number of benzene rings is 1. The summed E-state index contributed by atoms with van der Waals surface area (Å²) in [6.45, 7) is 0.622. The highest BCUT2D eigenvalue weighted by atomic mass is 19.3. The molecule has 1 aromatic rings. The molecule has 0 heterocycles. The highest BCUT2D eigenvalue weighted by Gasteiger charge is 2.10. The van der Waals surface area contributed by atoms with Crippen LogP contribution in [0.4, 0.5) is 8.78 Å². The largest absolute Gasteiger partial charge is 0.496 e. The highest BCUT2D eigenvalue weighted by Crippen LogP contribution is 2.27. The molecule has 0 fully saturated rings. The van der Waals surface area contributed by atoms with E-state index in [1.807, 2.05) is 0 Å². The molecule has 2 N–H and O–H groups in total. The standard InChI is InChI=1S/C12H17F2NO/c1-16-11-6-5-10(12(13)14)8-9(11)4-2-3-7-15/h5-6,8,12H,2-4,7,15H2,1H3. The molecule has 90 valence electrons. The summed E-state index contributed by atoms with van der Waals surface area (Å²) in [5.41, 5.74) is 6.26. The molecule has 16 heavy (non-hydrogen) atoms. The molecule has 0 unspecified atom stereocenters. The molecule has 1 aromatic carbocycles. The minimum atomic E-state index is -2.43. The van der Waals surface area contributed by atoms with Crippen molar-refractivity contribution in [1.29, 1.82) is 0 Å². The third-order valence-corrected chi connectivity index (χ3v) is 2.46. The Kier molecular flexibility index (Phi) is 5.19. The normalized spacial score (nSPS) is 10.8. The van der Waals surface area contributed by atoms with Crippen LogP contribution in [0.5, 0.6) is 5.75 Å². The Morgan fingerprint density at radius 1 is 1.31 bits per heavy atom. The van der Waals surface area contributed by atoms with Gasteiger partial charge < -0.3 is 10.5 Å². The van der Waals surface area contributed by atoms with E-state index in [-0.39, 0.29) is 5.56 Å². The van der Waals surface area contributed by atoms with Gasteiger partial charge in [0.2, 0.25) is 0 Å². The lowest BCUT2D eigenvalue weighted by Crippen LogP contribution is -2.00. The van der Waals surface area contributed by atoms with E-state index >= 15 is 0 Å². The first-order chi connectivity index (χ1) is 7.69. The molecular formula is C12H17F2NO. The van der Waals surface area contributed by atoms with Crippen molar-refractivity contribution in [3.05, 3.63) is 29.3 Å². The van der Waals surface area contributed by atoms with Crippen molar-refractivity contribution in [3.8, 4) is 5.75 Å². The molecule has 0 aliphatic carbocycles. The Morgan fingerprint density at radius 2 is 2.06 bits per heavy atom. The second kappa shape index (κ2) is 6.43. The fourth-order valence-corrected chi connectivity index (χ4v) is 1.59. The first-order valence-corrected chi connectivity index (χ1v) is 5.34. The third-order valence-electron chi connectivity index (χ3n) is 2.46. The molecule has 0 amide bonds. The molecule has 1 rings (SSSR count). The lowest BCUT2D eigenvalue weighted by Gasteiger charge is -2.10. The van der Waals surface area contributed by atoms with Gasteiger partial charge >= 0.3 is 0 Å². The fraction of sp³-hybridized carbons (Fsp3) is 0.500. The van der Waals surface area contributed by atoms with Gasteiger partial charge in [0, 0.05) is 5.56 Å². The lowest BCUT2D eigenvalue weighted by molar-refractivity contribution is 0.151. The van der Waals surface area contributed by atoms with Gasteiger partial charge in [-0.25, -0.2) is 8.78 Å². The molecule has 0 bridgehead atoms. The van der Waals surface area contributed by atoms with E-state index in [0.29, 0.717) is 12.3 Å². The minimum absolute atomic E-state index is 0.0450. The third kappa shape index (κ3) is 3.45. The summed E-state index contributed by atoms with van der Waals surface area (Å²) in [6, 6.07) is 4.51. The molecule has 0 aliphatic rings. The maximum Gasteiger partial charge on any atom is 0.263 e.